The number of carboxylic acid groups (broad SMARTS) is 1. The zero-order valence-electron chi connectivity index (χ0n) is 12.7. The van der Waals surface area contributed by atoms with Crippen LogP contribution in [0.1, 0.15) is 40.6 Å². The monoisotopic (exact) mass is 310 g/mol. The largest absolute Gasteiger partial charge is 0.545 e. The van der Waals surface area contributed by atoms with Crippen LogP contribution in [-0.2, 0) is 4.79 Å². The number of quaternary nitrogens is 1. The van der Waals surface area contributed by atoms with Crippen LogP contribution >= 0.6 is 11.3 Å². The number of aromatic carboxylic acids is 1. The van der Waals surface area contributed by atoms with Crippen LogP contribution < -0.4 is 15.3 Å². The Balaban J connectivity index is 2.00. The SMILES string of the molecule is Cc1sc(NC(=O)C[NH+]2CCC(C)CC2)c(C(=O)[O-])c1C. The Hall–Kier alpha value is -1.40. The van der Waals surface area contributed by atoms with Crippen molar-refractivity contribution in [2.24, 2.45) is 5.92 Å². The quantitative estimate of drug-likeness (QED) is 0.821. The van der Waals surface area contributed by atoms with Gasteiger partial charge in [0.05, 0.1) is 19.1 Å². The molecule has 0 aliphatic carbocycles. The van der Waals surface area contributed by atoms with Crippen LogP contribution in [0.4, 0.5) is 5.00 Å². The van der Waals surface area contributed by atoms with Crippen LogP contribution in [0.2, 0.25) is 0 Å². The molecule has 1 amide bonds. The lowest BCUT2D eigenvalue weighted by atomic mass is 9.99. The van der Waals surface area contributed by atoms with Gasteiger partial charge in [0, 0.05) is 10.4 Å². The topological polar surface area (TPSA) is 73.7 Å². The molecule has 0 saturated carbocycles. The Morgan fingerprint density at radius 2 is 1.95 bits per heavy atom. The minimum Gasteiger partial charge on any atom is -0.545 e. The number of aryl methyl sites for hydroxylation is 1. The summed E-state index contributed by atoms with van der Waals surface area (Å²) in [5.74, 6) is -0.612. The van der Waals surface area contributed by atoms with E-state index < -0.39 is 5.97 Å². The molecule has 6 heteroatoms. The second-order valence-electron chi connectivity index (χ2n) is 5.93. The van der Waals surface area contributed by atoms with Crippen molar-refractivity contribution in [3.8, 4) is 0 Å². The van der Waals surface area contributed by atoms with Gasteiger partial charge in [-0.3, -0.25) is 4.79 Å². The molecule has 0 spiro atoms. The van der Waals surface area contributed by atoms with Crippen molar-refractivity contribution in [3.63, 3.8) is 0 Å². The average molecular weight is 310 g/mol. The maximum atomic E-state index is 12.1. The predicted molar refractivity (Wildman–Crippen MR) is 80.7 cm³/mol. The third-order valence-corrected chi connectivity index (χ3v) is 5.36. The molecule has 0 radical (unpaired) electrons. The van der Waals surface area contributed by atoms with Gasteiger partial charge in [-0.2, -0.15) is 0 Å². The zero-order valence-corrected chi connectivity index (χ0v) is 13.6. The molecule has 5 nitrogen and oxygen atoms in total. The number of anilines is 1. The van der Waals surface area contributed by atoms with E-state index in [0.717, 1.165) is 36.7 Å². The normalized spacial score (nSPS) is 22.0. The Labute approximate surface area is 129 Å². The minimum absolute atomic E-state index is 0.119. The Morgan fingerprint density at radius 3 is 2.52 bits per heavy atom. The van der Waals surface area contributed by atoms with Gasteiger partial charge in [-0.1, -0.05) is 6.92 Å². The first-order valence-electron chi connectivity index (χ1n) is 7.33. The highest BCUT2D eigenvalue weighted by Crippen LogP contribution is 2.31. The standard InChI is InChI=1S/C15H22N2O3S/c1-9-4-6-17(7-5-9)8-12(18)16-14-13(15(19)20)10(2)11(3)21-14/h9H,4-8H2,1-3H3,(H,16,18)(H,19,20). The predicted octanol–water partition coefficient (Wildman–Crippen LogP) is -0.0183. The molecule has 0 bridgehead atoms. The maximum absolute atomic E-state index is 12.1. The molecule has 2 heterocycles. The van der Waals surface area contributed by atoms with E-state index in [4.69, 9.17) is 0 Å². The van der Waals surface area contributed by atoms with Crippen LogP contribution in [-0.4, -0.2) is 31.5 Å². The molecule has 1 fully saturated rings. The molecule has 1 saturated heterocycles. The van der Waals surface area contributed by atoms with E-state index in [-0.39, 0.29) is 11.5 Å². The van der Waals surface area contributed by atoms with Crippen LogP contribution in [0.3, 0.4) is 0 Å². The Morgan fingerprint density at radius 1 is 1.33 bits per heavy atom. The number of piperidine rings is 1. The minimum atomic E-state index is -1.23. The number of hydrogen-bond donors (Lipinski definition) is 2. The van der Waals surface area contributed by atoms with Crippen molar-refractivity contribution < 1.29 is 19.6 Å². The van der Waals surface area contributed by atoms with Gasteiger partial charge in [-0.15, -0.1) is 11.3 Å². The van der Waals surface area contributed by atoms with Crippen molar-refractivity contribution in [2.45, 2.75) is 33.6 Å². The van der Waals surface area contributed by atoms with Crippen LogP contribution in [0.15, 0.2) is 0 Å². The molecule has 0 unspecified atom stereocenters. The highest BCUT2D eigenvalue weighted by molar-refractivity contribution is 7.16. The second kappa shape index (κ2) is 6.58. The zero-order chi connectivity index (χ0) is 15.6. The van der Waals surface area contributed by atoms with Gasteiger partial charge >= 0.3 is 0 Å². The summed E-state index contributed by atoms with van der Waals surface area (Å²) in [6, 6.07) is 0. The van der Waals surface area contributed by atoms with Gasteiger partial charge < -0.3 is 20.1 Å². The van der Waals surface area contributed by atoms with Gasteiger partial charge in [-0.05, 0) is 38.2 Å². The first-order chi connectivity index (χ1) is 9.88. The third kappa shape index (κ3) is 3.83. The van der Waals surface area contributed by atoms with E-state index in [0.29, 0.717) is 17.1 Å². The average Bonchev–Trinajstić information content (AvgIpc) is 2.67. The smallest absolute Gasteiger partial charge is 0.280 e. The lowest BCUT2D eigenvalue weighted by Crippen LogP contribution is -3.14. The lowest BCUT2D eigenvalue weighted by molar-refractivity contribution is -0.897. The van der Waals surface area contributed by atoms with E-state index in [2.05, 4.69) is 12.2 Å². The van der Waals surface area contributed by atoms with Crippen LogP contribution in [0.25, 0.3) is 0 Å². The van der Waals surface area contributed by atoms with E-state index >= 15 is 0 Å². The van der Waals surface area contributed by atoms with Crippen molar-refractivity contribution in [1.29, 1.82) is 0 Å². The van der Waals surface area contributed by atoms with E-state index in [1.807, 2.05) is 6.92 Å². The number of rotatable bonds is 4. The van der Waals surface area contributed by atoms with E-state index in [1.165, 1.54) is 16.2 Å². The summed E-state index contributed by atoms with van der Waals surface area (Å²) in [5.41, 5.74) is 0.794. The summed E-state index contributed by atoms with van der Waals surface area (Å²) in [4.78, 5) is 25.5. The Kier molecular flexibility index (Phi) is 5.00. The van der Waals surface area contributed by atoms with Crippen molar-refractivity contribution >= 4 is 28.2 Å². The molecule has 1 aromatic heterocycles. The maximum Gasteiger partial charge on any atom is 0.280 e. The summed E-state index contributed by atoms with van der Waals surface area (Å²) in [7, 11) is 0. The number of nitrogens with one attached hydrogen (secondary N) is 2. The van der Waals surface area contributed by atoms with E-state index in [9.17, 15) is 14.7 Å². The molecule has 2 rings (SSSR count). The van der Waals surface area contributed by atoms with Crippen molar-refractivity contribution in [3.05, 3.63) is 16.0 Å². The second-order valence-corrected chi connectivity index (χ2v) is 7.16. The van der Waals surface area contributed by atoms with E-state index in [1.54, 1.807) is 6.92 Å². The molecule has 21 heavy (non-hydrogen) atoms. The van der Waals surface area contributed by atoms with Crippen molar-refractivity contribution in [2.75, 3.05) is 25.0 Å². The molecule has 0 atom stereocenters. The summed E-state index contributed by atoms with van der Waals surface area (Å²) < 4.78 is 0. The van der Waals surface area contributed by atoms with Crippen molar-refractivity contribution in [1.82, 2.24) is 0 Å². The summed E-state index contributed by atoms with van der Waals surface area (Å²) in [6.07, 6.45) is 2.29. The molecular weight excluding hydrogens is 288 g/mol. The van der Waals surface area contributed by atoms with Crippen LogP contribution in [0, 0.1) is 19.8 Å². The number of amides is 1. The highest BCUT2D eigenvalue weighted by Gasteiger charge is 2.22. The fourth-order valence-corrected chi connectivity index (χ4v) is 3.77. The van der Waals surface area contributed by atoms with Gasteiger partial charge in [-0.25, -0.2) is 0 Å². The third-order valence-electron chi connectivity index (χ3n) is 4.23. The molecule has 116 valence electrons. The van der Waals surface area contributed by atoms with Gasteiger partial charge in [0.25, 0.3) is 5.91 Å². The van der Waals surface area contributed by atoms with Gasteiger partial charge in [0.1, 0.15) is 5.00 Å². The fraction of sp³-hybridized carbons (Fsp3) is 0.600. The molecule has 1 aliphatic rings. The van der Waals surface area contributed by atoms with Crippen LogP contribution in [0.5, 0.6) is 0 Å². The highest BCUT2D eigenvalue weighted by atomic mass is 32.1. The van der Waals surface area contributed by atoms with Gasteiger partial charge in [0.15, 0.2) is 6.54 Å². The number of thiophene rings is 1. The first-order valence-corrected chi connectivity index (χ1v) is 8.15. The first kappa shape index (κ1) is 16.0. The molecule has 0 aromatic carbocycles. The Bertz CT molecular complexity index is 545. The number of carboxylic acids is 1. The number of hydrogen-bond acceptors (Lipinski definition) is 4. The number of carbonyl (C=O) groups excluding carboxylic acids is 2. The molecule has 1 aliphatic heterocycles. The summed E-state index contributed by atoms with van der Waals surface area (Å²) in [6.45, 7) is 8.23. The lowest BCUT2D eigenvalue weighted by Gasteiger charge is -2.26. The fourth-order valence-electron chi connectivity index (χ4n) is 2.71. The molecular formula is C15H22N2O3S. The van der Waals surface area contributed by atoms with Gasteiger partial charge in [0.2, 0.25) is 0 Å². The molecule has 1 aromatic rings. The number of carbonyl (C=O) groups is 2. The summed E-state index contributed by atoms with van der Waals surface area (Å²) in [5, 5.41) is 14.4. The number of likely N-dealkylation sites (tertiary alicyclic amines) is 1. The molecule has 2 N–H and O–H groups in total. The summed E-state index contributed by atoms with van der Waals surface area (Å²) >= 11 is 1.30.